The summed E-state index contributed by atoms with van der Waals surface area (Å²) in [5.74, 6) is -0.0647. The third-order valence-corrected chi connectivity index (χ3v) is 4.29. The minimum Gasteiger partial charge on any atom is -0.506 e. The smallest absolute Gasteiger partial charge is 0.251 e. The van der Waals surface area contributed by atoms with Gasteiger partial charge >= 0.3 is 0 Å². The maximum Gasteiger partial charge on any atom is 0.251 e. The van der Waals surface area contributed by atoms with Crippen molar-refractivity contribution in [3.8, 4) is 16.9 Å². The number of hydrogen-bond donors (Lipinski definition) is 2. The Bertz CT molecular complexity index is 741. The van der Waals surface area contributed by atoms with Gasteiger partial charge in [0.05, 0.1) is 18.2 Å². The van der Waals surface area contributed by atoms with E-state index in [1.165, 1.54) is 0 Å². The molecule has 0 spiro atoms. The number of phenols is 1. The van der Waals surface area contributed by atoms with Crippen LogP contribution in [0.25, 0.3) is 11.1 Å². The first kappa shape index (κ1) is 15.8. The standard InChI is InChI=1S/C18H18ClNO3/c1-18(10-23-11-18)9-20-17(22)14-4-2-3-12(7-14)13-5-6-16(21)15(19)8-13/h2-8,21H,9-11H2,1H3,(H,20,22). The Kier molecular flexibility index (Phi) is 4.28. The Morgan fingerprint density at radius 3 is 2.65 bits per heavy atom. The number of amides is 1. The summed E-state index contributed by atoms with van der Waals surface area (Å²) in [6.07, 6.45) is 0. The van der Waals surface area contributed by atoms with E-state index in [1.807, 2.05) is 18.2 Å². The summed E-state index contributed by atoms with van der Waals surface area (Å²) in [7, 11) is 0. The summed E-state index contributed by atoms with van der Waals surface area (Å²) in [4.78, 5) is 12.3. The highest BCUT2D eigenvalue weighted by atomic mass is 35.5. The molecule has 0 aromatic heterocycles. The second-order valence-corrected chi connectivity index (χ2v) is 6.64. The minimum absolute atomic E-state index is 0.0394. The number of hydrogen-bond acceptors (Lipinski definition) is 3. The molecule has 23 heavy (non-hydrogen) atoms. The molecule has 1 heterocycles. The van der Waals surface area contributed by atoms with Gasteiger partial charge in [-0.2, -0.15) is 0 Å². The summed E-state index contributed by atoms with van der Waals surface area (Å²) in [6, 6.07) is 12.3. The number of halogens is 1. The number of carbonyl (C=O) groups excluding carboxylic acids is 1. The normalized spacial score (nSPS) is 15.7. The van der Waals surface area contributed by atoms with Crippen LogP contribution in [0.2, 0.25) is 5.02 Å². The van der Waals surface area contributed by atoms with Gasteiger partial charge in [0.1, 0.15) is 5.75 Å². The van der Waals surface area contributed by atoms with Gasteiger partial charge in [0.25, 0.3) is 5.91 Å². The maximum atomic E-state index is 12.3. The van der Waals surface area contributed by atoms with E-state index >= 15 is 0 Å². The van der Waals surface area contributed by atoms with Crippen molar-refractivity contribution < 1.29 is 14.6 Å². The lowest BCUT2D eigenvalue weighted by Gasteiger charge is -2.38. The number of aromatic hydroxyl groups is 1. The van der Waals surface area contributed by atoms with Gasteiger partial charge in [-0.15, -0.1) is 0 Å². The van der Waals surface area contributed by atoms with Crippen molar-refractivity contribution in [1.82, 2.24) is 5.32 Å². The fraction of sp³-hybridized carbons (Fsp3) is 0.278. The Balaban J connectivity index is 1.76. The lowest BCUT2D eigenvalue weighted by atomic mass is 9.88. The molecule has 0 atom stereocenters. The average Bonchev–Trinajstić information content (AvgIpc) is 2.53. The van der Waals surface area contributed by atoms with Gasteiger partial charge in [0.15, 0.2) is 0 Å². The molecule has 0 unspecified atom stereocenters. The zero-order valence-corrected chi connectivity index (χ0v) is 13.6. The highest BCUT2D eigenvalue weighted by molar-refractivity contribution is 6.32. The van der Waals surface area contributed by atoms with Crippen molar-refractivity contribution in [2.45, 2.75) is 6.92 Å². The van der Waals surface area contributed by atoms with Crippen LogP contribution in [-0.4, -0.2) is 30.8 Å². The molecule has 3 rings (SSSR count). The molecule has 0 aliphatic carbocycles. The van der Waals surface area contributed by atoms with E-state index < -0.39 is 0 Å². The number of benzene rings is 2. The second kappa shape index (κ2) is 6.22. The molecule has 0 bridgehead atoms. The number of nitrogens with one attached hydrogen (secondary N) is 1. The molecule has 1 aliphatic rings. The minimum atomic E-state index is -0.107. The van der Waals surface area contributed by atoms with Crippen LogP contribution in [0.3, 0.4) is 0 Å². The number of ether oxygens (including phenoxy) is 1. The molecule has 120 valence electrons. The van der Waals surface area contributed by atoms with E-state index in [-0.39, 0.29) is 22.1 Å². The van der Waals surface area contributed by atoms with Crippen molar-refractivity contribution in [1.29, 1.82) is 0 Å². The van der Waals surface area contributed by atoms with E-state index in [4.69, 9.17) is 16.3 Å². The van der Waals surface area contributed by atoms with Gasteiger partial charge in [0.2, 0.25) is 0 Å². The number of phenolic OH excluding ortho intramolecular Hbond substituents is 1. The van der Waals surface area contributed by atoms with Gasteiger partial charge in [-0.25, -0.2) is 0 Å². The van der Waals surface area contributed by atoms with Crippen LogP contribution in [0, 0.1) is 5.41 Å². The zero-order chi connectivity index (χ0) is 16.4. The fourth-order valence-corrected chi connectivity index (χ4v) is 2.66. The van der Waals surface area contributed by atoms with Gasteiger partial charge in [-0.05, 0) is 35.4 Å². The average molecular weight is 332 g/mol. The Hall–Kier alpha value is -2.04. The highest BCUT2D eigenvalue weighted by Gasteiger charge is 2.33. The third-order valence-electron chi connectivity index (χ3n) is 3.98. The van der Waals surface area contributed by atoms with Crippen LogP contribution in [0.1, 0.15) is 17.3 Å². The lowest BCUT2D eigenvalue weighted by molar-refractivity contribution is -0.0978. The summed E-state index contributed by atoms with van der Waals surface area (Å²) in [5, 5.41) is 12.7. The van der Waals surface area contributed by atoms with E-state index in [0.29, 0.717) is 25.3 Å². The first-order valence-electron chi connectivity index (χ1n) is 7.42. The van der Waals surface area contributed by atoms with Crippen LogP contribution in [0.15, 0.2) is 42.5 Å². The predicted octanol–water partition coefficient (Wildman–Crippen LogP) is 3.48. The lowest BCUT2D eigenvalue weighted by Crippen LogP contribution is -2.48. The Labute approximate surface area is 140 Å². The fourth-order valence-electron chi connectivity index (χ4n) is 2.47. The molecule has 5 heteroatoms. The van der Waals surface area contributed by atoms with Crippen molar-refractivity contribution in [3.05, 3.63) is 53.1 Å². The highest BCUT2D eigenvalue weighted by Crippen LogP contribution is 2.30. The Morgan fingerprint density at radius 2 is 2.00 bits per heavy atom. The largest absolute Gasteiger partial charge is 0.506 e. The molecule has 2 aromatic carbocycles. The summed E-state index contributed by atoms with van der Waals surface area (Å²) in [6.45, 7) is 4.05. The van der Waals surface area contributed by atoms with E-state index in [0.717, 1.165) is 11.1 Å². The molecule has 2 N–H and O–H groups in total. The van der Waals surface area contributed by atoms with E-state index in [1.54, 1.807) is 24.3 Å². The van der Waals surface area contributed by atoms with Crippen LogP contribution in [0.5, 0.6) is 5.75 Å². The molecule has 1 amide bonds. The van der Waals surface area contributed by atoms with Crippen molar-refractivity contribution in [2.24, 2.45) is 5.41 Å². The molecular formula is C18H18ClNO3. The van der Waals surface area contributed by atoms with Crippen molar-refractivity contribution >= 4 is 17.5 Å². The van der Waals surface area contributed by atoms with Crippen LogP contribution >= 0.6 is 11.6 Å². The van der Waals surface area contributed by atoms with Gasteiger partial charge in [-0.1, -0.05) is 36.7 Å². The summed E-state index contributed by atoms with van der Waals surface area (Å²) in [5.41, 5.74) is 2.35. The Morgan fingerprint density at radius 1 is 1.26 bits per heavy atom. The molecule has 4 nitrogen and oxygen atoms in total. The zero-order valence-electron chi connectivity index (χ0n) is 12.8. The molecule has 1 saturated heterocycles. The first-order valence-corrected chi connectivity index (χ1v) is 7.80. The quantitative estimate of drug-likeness (QED) is 0.901. The number of carbonyl (C=O) groups is 1. The van der Waals surface area contributed by atoms with Crippen LogP contribution < -0.4 is 5.32 Å². The van der Waals surface area contributed by atoms with Gasteiger partial charge < -0.3 is 15.2 Å². The second-order valence-electron chi connectivity index (χ2n) is 6.23. The molecule has 0 radical (unpaired) electrons. The third kappa shape index (κ3) is 3.49. The molecule has 1 fully saturated rings. The first-order chi connectivity index (χ1) is 11.0. The monoisotopic (exact) mass is 331 g/mol. The van der Waals surface area contributed by atoms with E-state index in [2.05, 4.69) is 12.2 Å². The van der Waals surface area contributed by atoms with Crippen molar-refractivity contribution in [2.75, 3.05) is 19.8 Å². The summed E-state index contributed by atoms with van der Waals surface area (Å²) >= 11 is 5.95. The van der Waals surface area contributed by atoms with E-state index in [9.17, 15) is 9.90 Å². The van der Waals surface area contributed by atoms with Crippen LogP contribution in [0.4, 0.5) is 0 Å². The number of rotatable bonds is 4. The molecule has 0 saturated carbocycles. The topological polar surface area (TPSA) is 58.6 Å². The van der Waals surface area contributed by atoms with Crippen LogP contribution in [-0.2, 0) is 4.74 Å². The SMILES string of the molecule is CC1(CNC(=O)c2cccc(-c3ccc(O)c(Cl)c3)c2)COC1. The van der Waals surface area contributed by atoms with Gasteiger partial charge in [-0.3, -0.25) is 4.79 Å². The molecule has 2 aromatic rings. The predicted molar refractivity (Wildman–Crippen MR) is 89.8 cm³/mol. The van der Waals surface area contributed by atoms with Crippen molar-refractivity contribution in [3.63, 3.8) is 0 Å². The maximum absolute atomic E-state index is 12.3. The molecule has 1 aliphatic heterocycles. The van der Waals surface area contributed by atoms with Gasteiger partial charge in [0, 0.05) is 17.5 Å². The summed E-state index contributed by atoms with van der Waals surface area (Å²) < 4.78 is 5.19. The molecular weight excluding hydrogens is 314 g/mol.